The molecule has 2 rings (SSSR count). The number of hydrogen-bond acceptors (Lipinski definition) is 2. The van der Waals surface area contributed by atoms with E-state index in [-0.39, 0.29) is 22.6 Å². The van der Waals surface area contributed by atoms with Crippen LogP contribution in [0.2, 0.25) is 5.02 Å². The van der Waals surface area contributed by atoms with E-state index in [4.69, 9.17) is 11.6 Å². The SMILES string of the molecule is CC1(CNC(=O)c2cc(Cl)ccc2O)CCC1. The van der Waals surface area contributed by atoms with Crippen molar-refractivity contribution in [1.29, 1.82) is 0 Å². The maximum atomic E-state index is 11.9. The predicted octanol–water partition coefficient (Wildman–Crippen LogP) is 2.97. The van der Waals surface area contributed by atoms with Gasteiger partial charge in [-0.1, -0.05) is 24.9 Å². The monoisotopic (exact) mass is 253 g/mol. The highest BCUT2D eigenvalue weighted by Gasteiger charge is 2.32. The number of amides is 1. The quantitative estimate of drug-likeness (QED) is 0.870. The second-order valence-electron chi connectivity index (χ2n) is 5.01. The van der Waals surface area contributed by atoms with Crippen LogP contribution in [0.1, 0.15) is 36.5 Å². The molecule has 1 aromatic rings. The Kier molecular flexibility index (Phi) is 3.29. The summed E-state index contributed by atoms with van der Waals surface area (Å²) in [6.07, 6.45) is 3.53. The number of phenolic OH excluding ortho intramolecular Hbond substituents is 1. The number of rotatable bonds is 3. The van der Waals surface area contributed by atoms with Crippen LogP contribution in [0.4, 0.5) is 0 Å². The van der Waals surface area contributed by atoms with Gasteiger partial charge in [0.15, 0.2) is 0 Å². The molecule has 0 aromatic heterocycles. The average molecular weight is 254 g/mol. The van der Waals surface area contributed by atoms with Crippen molar-refractivity contribution < 1.29 is 9.90 Å². The molecule has 0 radical (unpaired) electrons. The molecule has 0 bridgehead atoms. The molecule has 17 heavy (non-hydrogen) atoms. The highest BCUT2D eigenvalue weighted by atomic mass is 35.5. The normalized spacial score (nSPS) is 17.3. The van der Waals surface area contributed by atoms with Crippen LogP contribution in [0, 0.1) is 5.41 Å². The van der Waals surface area contributed by atoms with E-state index in [1.807, 2.05) is 0 Å². The number of hydrogen-bond donors (Lipinski definition) is 2. The first-order valence-electron chi connectivity index (χ1n) is 5.77. The molecule has 1 amide bonds. The molecule has 1 aliphatic carbocycles. The first kappa shape index (κ1) is 12.2. The van der Waals surface area contributed by atoms with Crippen LogP contribution in [0.25, 0.3) is 0 Å². The van der Waals surface area contributed by atoms with Gasteiger partial charge in [0, 0.05) is 11.6 Å². The van der Waals surface area contributed by atoms with Gasteiger partial charge in [0.05, 0.1) is 5.56 Å². The number of carbonyl (C=O) groups excluding carboxylic acids is 1. The summed E-state index contributed by atoms with van der Waals surface area (Å²) >= 11 is 5.80. The van der Waals surface area contributed by atoms with E-state index in [1.54, 1.807) is 6.07 Å². The molecule has 92 valence electrons. The summed E-state index contributed by atoms with van der Waals surface area (Å²) in [7, 11) is 0. The van der Waals surface area contributed by atoms with Crippen LogP contribution in [0.5, 0.6) is 5.75 Å². The molecule has 0 spiro atoms. The van der Waals surface area contributed by atoms with E-state index in [9.17, 15) is 9.90 Å². The fraction of sp³-hybridized carbons (Fsp3) is 0.462. The molecule has 1 fully saturated rings. The second kappa shape index (κ2) is 4.57. The minimum Gasteiger partial charge on any atom is -0.507 e. The third-order valence-electron chi connectivity index (χ3n) is 3.44. The van der Waals surface area contributed by atoms with Crippen molar-refractivity contribution >= 4 is 17.5 Å². The van der Waals surface area contributed by atoms with Crippen molar-refractivity contribution in [2.24, 2.45) is 5.41 Å². The molecule has 0 unspecified atom stereocenters. The van der Waals surface area contributed by atoms with Gasteiger partial charge in [-0.2, -0.15) is 0 Å². The lowest BCUT2D eigenvalue weighted by Gasteiger charge is -2.38. The zero-order chi connectivity index (χ0) is 12.5. The predicted molar refractivity (Wildman–Crippen MR) is 67.4 cm³/mol. The molecule has 4 heteroatoms. The number of benzene rings is 1. The average Bonchev–Trinajstić information content (AvgIpc) is 2.26. The Hall–Kier alpha value is -1.22. The van der Waals surface area contributed by atoms with Gasteiger partial charge < -0.3 is 10.4 Å². The number of nitrogens with one attached hydrogen (secondary N) is 1. The summed E-state index contributed by atoms with van der Waals surface area (Å²) in [5.41, 5.74) is 0.463. The summed E-state index contributed by atoms with van der Waals surface area (Å²) in [4.78, 5) is 11.9. The summed E-state index contributed by atoms with van der Waals surface area (Å²) < 4.78 is 0. The molecule has 1 aromatic carbocycles. The van der Waals surface area contributed by atoms with Gasteiger partial charge in [-0.15, -0.1) is 0 Å². The van der Waals surface area contributed by atoms with Gasteiger partial charge in [0.2, 0.25) is 0 Å². The lowest BCUT2D eigenvalue weighted by atomic mass is 9.70. The standard InChI is InChI=1S/C13H16ClNO2/c1-13(5-2-6-13)8-15-12(17)10-7-9(14)3-4-11(10)16/h3-4,7,16H,2,5-6,8H2,1H3,(H,15,17). The Balaban J connectivity index is 2.01. The van der Waals surface area contributed by atoms with Crippen molar-refractivity contribution in [2.45, 2.75) is 26.2 Å². The molecule has 2 N–H and O–H groups in total. The maximum Gasteiger partial charge on any atom is 0.255 e. The molecule has 1 aliphatic rings. The van der Waals surface area contributed by atoms with Gasteiger partial charge in [-0.05, 0) is 36.5 Å². The number of aromatic hydroxyl groups is 1. The number of carbonyl (C=O) groups is 1. The fourth-order valence-electron chi connectivity index (χ4n) is 2.04. The third kappa shape index (κ3) is 2.72. The van der Waals surface area contributed by atoms with Crippen LogP contribution >= 0.6 is 11.6 Å². The fourth-order valence-corrected chi connectivity index (χ4v) is 2.21. The first-order chi connectivity index (χ1) is 8.00. The summed E-state index contributed by atoms with van der Waals surface area (Å²) in [5, 5.41) is 12.9. The molecule has 0 atom stereocenters. The van der Waals surface area contributed by atoms with E-state index in [2.05, 4.69) is 12.2 Å². The number of halogens is 1. The Bertz CT molecular complexity index is 441. The van der Waals surface area contributed by atoms with Gasteiger partial charge in [0.25, 0.3) is 5.91 Å². The van der Waals surface area contributed by atoms with E-state index >= 15 is 0 Å². The Morgan fingerprint density at radius 2 is 2.24 bits per heavy atom. The minimum absolute atomic E-state index is 0.0364. The summed E-state index contributed by atoms with van der Waals surface area (Å²) in [6, 6.07) is 4.47. The van der Waals surface area contributed by atoms with Gasteiger partial charge >= 0.3 is 0 Å². The molecule has 0 saturated heterocycles. The molecule has 3 nitrogen and oxygen atoms in total. The second-order valence-corrected chi connectivity index (χ2v) is 5.44. The minimum atomic E-state index is -0.266. The zero-order valence-electron chi connectivity index (χ0n) is 9.79. The van der Waals surface area contributed by atoms with Crippen molar-refractivity contribution in [3.63, 3.8) is 0 Å². The van der Waals surface area contributed by atoms with E-state index in [0.29, 0.717) is 11.6 Å². The van der Waals surface area contributed by atoms with Crippen molar-refractivity contribution in [2.75, 3.05) is 6.54 Å². The molecule has 1 saturated carbocycles. The van der Waals surface area contributed by atoms with Gasteiger partial charge in [-0.25, -0.2) is 0 Å². The maximum absolute atomic E-state index is 11.9. The summed E-state index contributed by atoms with van der Waals surface area (Å²) in [6.45, 7) is 2.81. The largest absolute Gasteiger partial charge is 0.507 e. The summed E-state index contributed by atoms with van der Waals surface area (Å²) in [5.74, 6) is -0.302. The Morgan fingerprint density at radius 1 is 1.53 bits per heavy atom. The zero-order valence-corrected chi connectivity index (χ0v) is 10.5. The molecular weight excluding hydrogens is 238 g/mol. The van der Waals surface area contributed by atoms with Crippen LogP contribution in [0.15, 0.2) is 18.2 Å². The van der Waals surface area contributed by atoms with Gasteiger partial charge in [0.1, 0.15) is 5.75 Å². The van der Waals surface area contributed by atoms with E-state index < -0.39 is 0 Å². The van der Waals surface area contributed by atoms with Crippen molar-refractivity contribution in [3.8, 4) is 5.75 Å². The van der Waals surface area contributed by atoms with Crippen LogP contribution in [0.3, 0.4) is 0 Å². The lowest BCUT2D eigenvalue weighted by molar-refractivity contribution is 0.0888. The van der Waals surface area contributed by atoms with E-state index in [1.165, 1.54) is 18.6 Å². The topological polar surface area (TPSA) is 49.3 Å². The van der Waals surface area contributed by atoms with Crippen LogP contribution in [-0.2, 0) is 0 Å². The molecule has 0 aliphatic heterocycles. The van der Waals surface area contributed by atoms with E-state index in [0.717, 1.165) is 12.8 Å². The molecule has 0 heterocycles. The first-order valence-corrected chi connectivity index (χ1v) is 6.15. The van der Waals surface area contributed by atoms with Crippen molar-refractivity contribution in [1.82, 2.24) is 5.32 Å². The Morgan fingerprint density at radius 3 is 2.82 bits per heavy atom. The highest BCUT2D eigenvalue weighted by molar-refractivity contribution is 6.31. The molecular formula is C13H16ClNO2. The highest BCUT2D eigenvalue weighted by Crippen LogP contribution is 2.39. The van der Waals surface area contributed by atoms with Crippen LogP contribution in [-0.4, -0.2) is 17.6 Å². The lowest BCUT2D eigenvalue weighted by Crippen LogP contribution is -2.39. The van der Waals surface area contributed by atoms with Gasteiger partial charge in [-0.3, -0.25) is 4.79 Å². The van der Waals surface area contributed by atoms with Crippen molar-refractivity contribution in [3.05, 3.63) is 28.8 Å². The third-order valence-corrected chi connectivity index (χ3v) is 3.67. The number of phenols is 1. The Labute approximate surface area is 106 Å². The smallest absolute Gasteiger partial charge is 0.255 e. The van der Waals surface area contributed by atoms with Crippen LogP contribution < -0.4 is 5.32 Å².